The fourth-order valence-electron chi connectivity index (χ4n) is 5.18. The van der Waals surface area contributed by atoms with Gasteiger partial charge in [0, 0.05) is 31.4 Å². The molecule has 4 atom stereocenters. The maximum Gasteiger partial charge on any atom is 0.239 e. The normalized spacial score (nSPS) is 28.7. The minimum atomic E-state index is 0. The maximum atomic E-state index is 12.6. The molecular weight excluding hydrogens is 334 g/mol. The third-order valence-electron chi connectivity index (χ3n) is 6.36. The second kappa shape index (κ2) is 7.96. The van der Waals surface area contributed by atoms with Crippen molar-refractivity contribution < 1.29 is 4.79 Å². The number of halogens is 1. The number of hydrogen-bond acceptors (Lipinski definition) is 3. The standard InChI is InChI=1S/C20H29N3O.ClH/c1-14(18-11-15-6-7-16(18)10-15)22-20(24)13-23-9-8-21-12-17-4-2-3-5-19(17)23;/h2-5,14-16,18,21H,6-13H2,1H3,(H,22,24);1H. The molecule has 1 aromatic rings. The van der Waals surface area contributed by atoms with E-state index in [0.29, 0.717) is 18.5 Å². The molecule has 0 aromatic heterocycles. The lowest BCUT2D eigenvalue weighted by Gasteiger charge is -2.30. The van der Waals surface area contributed by atoms with Gasteiger partial charge in [0.15, 0.2) is 0 Å². The maximum absolute atomic E-state index is 12.6. The number of carbonyl (C=O) groups excluding carboxylic acids is 1. The molecule has 4 rings (SSSR count). The van der Waals surface area contributed by atoms with Crippen LogP contribution in [0.15, 0.2) is 24.3 Å². The van der Waals surface area contributed by atoms with Gasteiger partial charge in [-0.3, -0.25) is 4.79 Å². The molecular formula is C20H30ClN3O. The van der Waals surface area contributed by atoms with E-state index in [1.807, 2.05) is 0 Å². The zero-order valence-electron chi connectivity index (χ0n) is 15.0. The summed E-state index contributed by atoms with van der Waals surface area (Å²) in [5, 5.41) is 6.74. The first-order valence-corrected chi connectivity index (χ1v) is 9.53. The fraction of sp³-hybridized carbons (Fsp3) is 0.650. The highest BCUT2D eigenvalue weighted by Gasteiger charge is 2.42. The van der Waals surface area contributed by atoms with Crippen LogP contribution >= 0.6 is 12.4 Å². The Morgan fingerprint density at radius 2 is 2.16 bits per heavy atom. The summed E-state index contributed by atoms with van der Waals surface area (Å²) >= 11 is 0. The molecule has 1 heterocycles. The van der Waals surface area contributed by atoms with E-state index in [2.05, 4.69) is 46.7 Å². The van der Waals surface area contributed by atoms with E-state index in [0.717, 1.165) is 31.5 Å². The second-order valence-electron chi connectivity index (χ2n) is 7.92. The highest BCUT2D eigenvalue weighted by atomic mass is 35.5. The van der Waals surface area contributed by atoms with Crippen LogP contribution in [0, 0.1) is 17.8 Å². The van der Waals surface area contributed by atoms with Crippen molar-refractivity contribution in [3.8, 4) is 0 Å². The van der Waals surface area contributed by atoms with Crippen molar-refractivity contribution in [2.24, 2.45) is 17.8 Å². The van der Waals surface area contributed by atoms with Gasteiger partial charge >= 0.3 is 0 Å². The third-order valence-corrected chi connectivity index (χ3v) is 6.36. The Bertz CT molecular complexity index is 608. The van der Waals surface area contributed by atoms with Crippen LogP contribution in [0.5, 0.6) is 0 Å². The van der Waals surface area contributed by atoms with Crippen molar-refractivity contribution in [3.05, 3.63) is 29.8 Å². The third kappa shape index (κ3) is 3.95. The summed E-state index contributed by atoms with van der Waals surface area (Å²) in [6, 6.07) is 8.73. The predicted molar refractivity (Wildman–Crippen MR) is 104 cm³/mol. The number of hydrogen-bond donors (Lipinski definition) is 2. The van der Waals surface area contributed by atoms with E-state index >= 15 is 0 Å². The van der Waals surface area contributed by atoms with Crippen molar-refractivity contribution in [1.29, 1.82) is 0 Å². The Morgan fingerprint density at radius 3 is 2.92 bits per heavy atom. The van der Waals surface area contributed by atoms with Crippen molar-refractivity contribution in [2.45, 2.75) is 45.2 Å². The molecule has 2 N–H and O–H groups in total. The van der Waals surface area contributed by atoms with Gasteiger partial charge in [-0.15, -0.1) is 12.4 Å². The van der Waals surface area contributed by atoms with Crippen LogP contribution in [0.25, 0.3) is 0 Å². The monoisotopic (exact) mass is 363 g/mol. The molecule has 3 aliphatic rings. The molecule has 2 aliphatic carbocycles. The molecule has 2 bridgehead atoms. The number of nitrogens with zero attached hydrogens (tertiary/aromatic N) is 1. The molecule has 4 nitrogen and oxygen atoms in total. The number of amides is 1. The van der Waals surface area contributed by atoms with Gasteiger partial charge in [-0.2, -0.15) is 0 Å². The van der Waals surface area contributed by atoms with E-state index in [9.17, 15) is 4.79 Å². The van der Waals surface area contributed by atoms with Crippen LogP contribution in [-0.4, -0.2) is 31.6 Å². The minimum absolute atomic E-state index is 0. The molecule has 138 valence electrons. The Kier molecular flexibility index (Phi) is 5.90. The number of fused-ring (bicyclic) bond motifs is 3. The zero-order valence-corrected chi connectivity index (χ0v) is 15.9. The lowest BCUT2D eigenvalue weighted by molar-refractivity contribution is -0.120. The molecule has 0 spiro atoms. The first-order valence-electron chi connectivity index (χ1n) is 9.53. The Morgan fingerprint density at radius 1 is 1.32 bits per heavy atom. The van der Waals surface area contributed by atoms with Gasteiger partial charge in [0.2, 0.25) is 5.91 Å². The van der Waals surface area contributed by atoms with Crippen LogP contribution in [0.4, 0.5) is 5.69 Å². The molecule has 2 fully saturated rings. The average molecular weight is 364 g/mol. The van der Waals surface area contributed by atoms with Gasteiger partial charge in [-0.05, 0) is 55.6 Å². The van der Waals surface area contributed by atoms with Gasteiger partial charge in [-0.25, -0.2) is 0 Å². The van der Waals surface area contributed by atoms with Crippen molar-refractivity contribution in [3.63, 3.8) is 0 Å². The molecule has 0 saturated heterocycles. The Balaban J connectivity index is 0.00000182. The van der Waals surface area contributed by atoms with Crippen molar-refractivity contribution >= 4 is 24.0 Å². The molecule has 0 radical (unpaired) electrons. The van der Waals surface area contributed by atoms with Gasteiger partial charge < -0.3 is 15.5 Å². The highest BCUT2D eigenvalue weighted by molar-refractivity contribution is 5.85. The van der Waals surface area contributed by atoms with E-state index < -0.39 is 0 Å². The number of anilines is 1. The Hall–Kier alpha value is -1.26. The molecule has 4 unspecified atom stereocenters. The van der Waals surface area contributed by atoms with E-state index in [1.165, 1.54) is 36.9 Å². The zero-order chi connectivity index (χ0) is 16.5. The summed E-state index contributed by atoms with van der Waals surface area (Å²) in [6.07, 6.45) is 5.51. The van der Waals surface area contributed by atoms with Gasteiger partial charge in [0.05, 0.1) is 6.54 Å². The second-order valence-corrected chi connectivity index (χ2v) is 7.92. The largest absolute Gasteiger partial charge is 0.361 e. The molecule has 5 heteroatoms. The summed E-state index contributed by atoms with van der Waals surface area (Å²) in [5.74, 6) is 2.66. The topological polar surface area (TPSA) is 44.4 Å². The lowest BCUT2D eigenvalue weighted by Crippen LogP contribution is -2.45. The first-order chi connectivity index (χ1) is 11.7. The number of benzene rings is 1. The van der Waals surface area contributed by atoms with Crippen molar-refractivity contribution in [1.82, 2.24) is 10.6 Å². The number of para-hydroxylation sites is 1. The number of carbonyl (C=O) groups is 1. The number of nitrogens with one attached hydrogen (secondary N) is 2. The summed E-state index contributed by atoms with van der Waals surface area (Å²) < 4.78 is 0. The van der Waals surface area contributed by atoms with E-state index in [-0.39, 0.29) is 18.3 Å². The van der Waals surface area contributed by atoms with Crippen LogP contribution in [0.2, 0.25) is 0 Å². The molecule has 2 saturated carbocycles. The van der Waals surface area contributed by atoms with Crippen LogP contribution in [0.1, 0.15) is 38.2 Å². The number of rotatable bonds is 4. The molecule has 1 aromatic carbocycles. The van der Waals surface area contributed by atoms with Crippen LogP contribution in [0.3, 0.4) is 0 Å². The van der Waals surface area contributed by atoms with Gasteiger partial charge in [0.25, 0.3) is 0 Å². The smallest absolute Gasteiger partial charge is 0.239 e. The first kappa shape index (κ1) is 18.5. The molecule has 25 heavy (non-hydrogen) atoms. The minimum Gasteiger partial charge on any atom is -0.361 e. The fourth-order valence-corrected chi connectivity index (χ4v) is 5.18. The van der Waals surface area contributed by atoms with Gasteiger partial charge in [-0.1, -0.05) is 24.6 Å². The summed E-state index contributed by atoms with van der Waals surface area (Å²) in [7, 11) is 0. The SMILES string of the molecule is CC(NC(=O)CN1CCNCc2ccccc21)C1CC2CCC1C2.Cl. The van der Waals surface area contributed by atoms with Crippen LogP contribution in [-0.2, 0) is 11.3 Å². The summed E-state index contributed by atoms with van der Waals surface area (Å²) in [5.41, 5.74) is 2.48. The Labute approximate surface area is 157 Å². The summed E-state index contributed by atoms with van der Waals surface area (Å²) in [6.45, 7) is 5.36. The van der Waals surface area contributed by atoms with E-state index in [1.54, 1.807) is 0 Å². The van der Waals surface area contributed by atoms with E-state index in [4.69, 9.17) is 0 Å². The highest BCUT2D eigenvalue weighted by Crippen LogP contribution is 2.49. The average Bonchev–Trinajstić information content (AvgIpc) is 3.16. The quantitative estimate of drug-likeness (QED) is 0.864. The lowest BCUT2D eigenvalue weighted by atomic mass is 9.84. The predicted octanol–water partition coefficient (Wildman–Crippen LogP) is 2.96. The molecule has 1 amide bonds. The van der Waals surface area contributed by atoms with Crippen LogP contribution < -0.4 is 15.5 Å². The van der Waals surface area contributed by atoms with Gasteiger partial charge in [0.1, 0.15) is 0 Å². The van der Waals surface area contributed by atoms with Crippen molar-refractivity contribution in [2.75, 3.05) is 24.5 Å². The summed E-state index contributed by atoms with van der Waals surface area (Å²) in [4.78, 5) is 14.9. The molecule has 1 aliphatic heterocycles.